The topological polar surface area (TPSA) is 78.0 Å². The molecule has 0 saturated heterocycles. The average Bonchev–Trinajstić information content (AvgIpc) is 2.90. The first-order valence-corrected chi connectivity index (χ1v) is 5.29. The van der Waals surface area contributed by atoms with E-state index >= 15 is 0 Å². The van der Waals surface area contributed by atoms with Gasteiger partial charge in [-0.25, -0.2) is 0 Å². The standard InChI is InChI=1S/C12H13N3O2/c16-5-4-13-12(17)10-3-1-2-9(6-10)11-7-14-15-8-11/h1-3,6-8,16H,4-5H2,(H,13,17)(H,14,15). The summed E-state index contributed by atoms with van der Waals surface area (Å²) >= 11 is 0. The van der Waals surface area contributed by atoms with E-state index < -0.39 is 0 Å². The van der Waals surface area contributed by atoms with Gasteiger partial charge in [-0.05, 0) is 17.7 Å². The molecule has 0 radical (unpaired) electrons. The van der Waals surface area contributed by atoms with Crippen LogP contribution in [0.2, 0.25) is 0 Å². The van der Waals surface area contributed by atoms with Crippen LogP contribution < -0.4 is 5.32 Å². The molecule has 0 unspecified atom stereocenters. The summed E-state index contributed by atoms with van der Waals surface area (Å²) < 4.78 is 0. The molecule has 17 heavy (non-hydrogen) atoms. The molecule has 0 aliphatic heterocycles. The van der Waals surface area contributed by atoms with Gasteiger partial charge in [-0.2, -0.15) is 5.10 Å². The molecule has 2 rings (SSSR count). The summed E-state index contributed by atoms with van der Waals surface area (Å²) in [6.07, 6.45) is 3.47. The third kappa shape index (κ3) is 2.70. The number of rotatable bonds is 4. The van der Waals surface area contributed by atoms with Crippen molar-refractivity contribution in [2.75, 3.05) is 13.2 Å². The Morgan fingerprint density at radius 2 is 2.29 bits per heavy atom. The predicted molar refractivity (Wildman–Crippen MR) is 63.4 cm³/mol. The van der Waals surface area contributed by atoms with Crippen molar-refractivity contribution in [2.24, 2.45) is 0 Å². The van der Waals surface area contributed by atoms with Crippen LogP contribution in [0.3, 0.4) is 0 Å². The maximum absolute atomic E-state index is 11.7. The van der Waals surface area contributed by atoms with Crippen molar-refractivity contribution >= 4 is 5.91 Å². The second-order valence-corrected chi connectivity index (χ2v) is 3.55. The van der Waals surface area contributed by atoms with Crippen LogP contribution in [0.25, 0.3) is 11.1 Å². The number of aliphatic hydroxyl groups excluding tert-OH is 1. The van der Waals surface area contributed by atoms with Crippen molar-refractivity contribution in [3.8, 4) is 11.1 Å². The second-order valence-electron chi connectivity index (χ2n) is 3.55. The molecule has 0 bridgehead atoms. The van der Waals surface area contributed by atoms with Crippen molar-refractivity contribution in [3.05, 3.63) is 42.2 Å². The minimum atomic E-state index is -0.190. The SMILES string of the molecule is O=C(NCCO)c1cccc(-c2cn[nH]c2)c1. The van der Waals surface area contributed by atoms with Gasteiger partial charge in [0.15, 0.2) is 0 Å². The van der Waals surface area contributed by atoms with Crippen LogP contribution in [0.15, 0.2) is 36.7 Å². The van der Waals surface area contributed by atoms with Gasteiger partial charge in [-0.3, -0.25) is 9.89 Å². The summed E-state index contributed by atoms with van der Waals surface area (Å²) in [5, 5.41) is 17.8. The third-order valence-electron chi connectivity index (χ3n) is 2.35. The van der Waals surface area contributed by atoms with Gasteiger partial charge in [0.25, 0.3) is 5.91 Å². The largest absolute Gasteiger partial charge is 0.395 e. The highest BCUT2D eigenvalue weighted by Gasteiger charge is 2.06. The van der Waals surface area contributed by atoms with Crippen molar-refractivity contribution < 1.29 is 9.90 Å². The third-order valence-corrected chi connectivity index (χ3v) is 2.35. The molecule has 5 heteroatoms. The molecule has 1 aromatic carbocycles. The van der Waals surface area contributed by atoms with Gasteiger partial charge < -0.3 is 10.4 Å². The second kappa shape index (κ2) is 5.27. The maximum atomic E-state index is 11.7. The lowest BCUT2D eigenvalue weighted by atomic mass is 10.1. The van der Waals surface area contributed by atoms with Crippen LogP contribution in [-0.4, -0.2) is 34.4 Å². The number of aliphatic hydroxyl groups is 1. The van der Waals surface area contributed by atoms with Crippen LogP contribution in [0.5, 0.6) is 0 Å². The van der Waals surface area contributed by atoms with Gasteiger partial charge in [0.05, 0.1) is 12.8 Å². The van der Waals surface area contributed by atoms with Crippen molar-refractivity contribution in [1.82, 2.24) is 15.5 Å². The predicted octanol–water partition coefficient (Wildman–Crippen LogP) is 0.799. The highest BCUT2D eigenvalue weighted by molar-refractivity contribution is 5.95. The number of aromatic amines is 1. The molecule has 88 valence electrons. The fraction of sp³-hybridized carbons (Fsp3) is 0.167. The number of aromatic nitrogens is 2. The Morgan fingerprint density at radius 3 is 3.00 bits per heavy atom. The number of carbonyl (C=O) groups excluding carboxylic acids is 1. The lowest BCUT2D eigenvalue weighted by Crippen LogP contribution is -2.26. The molecule has 5 nitrogen and oxygen atoms in total. The lowest BCUT2D eigenvalue weighted by molar-refractivity contribution is 0.0945. The van der Waals surface area contributed by atoms with E-state index in [9.17, 15) is 4.79 Å². The molecule has 0 fully saturated rings. The minimum Gasteiger partial charge on any atom is -0.395 e. The lowest BCUT2D eigenvalue weighted by Gasteiger charge is -2.04. The molecule has 0 atom stereocenters. The highest BCUT2D eigenvalue weighted by Crippen LogP contribution is 2.18. The summed E-state index contributed by atoms with van der Waals surface area (Å²) in [6, 6.07) is 7.25. The Bertz CT molecular complexity index is 494. The number of amides is 1. The zero-order chi connectivity index (χ0) is 12.1. The number of hydrogen-bond acceptors (Lipinski definition) is 3. The molecule has 1 heterocycles. The van der Waals surface area contributed by atoms with E-state index in [-0.39, 0.29) is 19.1 Å². The van der Waals surface area contributed by atoms with Crippen LogP contribution in [0.4, 0.5) is 0 Å². The van der Waals surface area contributed by atoms with Gasteiger partial charge in [0.1, 0.15) is 0 Å². The van der Waals surface area contributed by atoms with Gasteiger partial charge in [-0.15, -0.1) is 0 Å². The number of benzene rings is 1. The molecule has 2 aromatic rings. The van der Waals surface area contributed by atoms with Gasteiger partial charge in [0.2, 0.25) is 0 Å². The number of nitrogens with one attached hydrogen (secondary N) is 2. The minimum absolute atomic E-state index is 0.0623. The summed E-state index contributed by atoms with van der Waals surface area (Å²) in [6.45, 7) is 0.196. The molecule has 0 saturated carbocycles. The number of nitrogens with zero attached hydrogens (tertiary/aromatic N) is 1. The fourth-order valence-corrected chi connectivity index (χ4v) is 1.52. The fourth-order valence-electron chi connectivity index (χ4n) is 1.52. The first-order valence-electron chi connectivity index (χ1n) is 5.29. The van der Waals surface area contributed by atoms with E-state index in [1.54, 1.807) is 24.5 Å². The normalized spacial score (nSPS) is 10.2. The zero-order valence-electron chi connectivity index (χ0n) is 9.18. The van der Waals surface area contributed by atoms with Crippen LogP contribution in [0.1, 0.15) is 10.4 Å². The van der Waals surface area contributed by atoms with Gasteiger partial charge >= 0.3 is 0 Å². The van der Waals surface area contributed by atoms with Gasteiger partial charge in [0, 0.05) is 23.9 Å². The number of H-pyrrole nitrogens is 1. The molecular weight excluding hydrogens is 218 g/mol. The Morgan fingerprint density at radius 1 is 1.41 bits per heavy atom. The first-order chi connectivity index (χ1) is 8.31. The summed E-state index contributed by atoms with van der Waals surface area (Å²) in [7, 11) is 0. The number of carbonyl (C=O) groups is 1. The van der Waals surface area contributed by atoms with E-state index in [0.717, 1.165) is 11.1 Å². The van der Waals surface area contributed by atoms with E-state index in [2.05, 4.69) is 15.5 Å². The van der Waals surface area contributed by atoms with Crippen LogP contribution in [0, 0.1) is 0 Å². The van der Waals surface area contributed by atoms with E-state index in [4.69, 9.17) is 5.11 Å². The van der Waals surface area contributed by atoms with Crippen molar-refractivity contribution in [3.63, 3.8) is 0 Å². The molecule has 3 N–H and O–H groups in total. The summed E-state index contributed by atoms with van der Waals surface area (Å²) in [4.78, 5) is 11.7. The van der Waals surface area contributed by atoms with E-state index in [1.807, 2.05) is 12.1 Å². The molecule has 0 aliphatic rings. The average molecular weight is 231 g/mol. The maximum Gasteiger partial charge on any atom is 0.251 e. The monoisotopic (exact) mass is 231 g/mol. The van der Waals surface area contributed by atoms with Crippen molar-refractivity contribution in [2.45, 2.75) is 0 Å². The molecule has 0 spiro atoms. The zero-order valence-corrected chi connectivity index (χ0v) is 9.18. The number of hydrogen-bond donors (Lipinski definition) is 3. The molecule has 0 aliphatic carbocycles. The summed E-state index contributed by atoms with van der Waals surface area (Å²) in [5.41, 5.74) is 2.43. The van der Waals surface area contributed by atoms with Crippen LogP contribution in [-0.2, 0) is 0 Å². The quantitative estimate of drug-likeness (QED) is 0.728. The first kappa shape index (κ1) is 11.3. The van der Waals surface area contributed by atoms with Crippen LogP contribution >= 0.6 is 0 Å². The van der Waals surface area contributed by atoms with E-state index in [1.165, 1.54) is 0 Å². The molecular formula is C12H13N3O2. The Hall–Kier alpha value is -2.14. The molecule has 1 aromatic heterocycles. The smallest absolute Gasteiger partial charge is 0.251 e. The molecule has 1 amide bonds. The highest BCUT2D eigenvalue weighted by atomic mass is 16.3. The summed E-state index contributed by atoms with van der Waals surface area (Å²) in [5.74, 6) is -0.190. The Kier molecular flexibility index (Phi) is 3.52. The van der Waals surface area contributed by atoms with Crippen molar-refractivity contribution in [1.29, 1.82) is 0 Å². The Balaban J connectivity index is 2.20. The van der Waals surface area contributed by atoms with Gasteiger partial charge in [-0.1, -0.05) is 12.1 Å². The van der Waals surface area contributed by atoms with E-state index in [0.29, 0.717) is 5.56 Å². The Labute approximate surface area is 98.5 Å².